The number of hydrogen-bond donors (Lipinski definition) is 2. The largest absolute Gasteiger partial charge is 0.371 e. The van der Waals surface area contributed by atoms with E-state index in [4.69, 9.17) is 0 Å². The molecule has 0 atom stereocenters. The smallest absolute Gasteiger partial charge is 0.276 e. The number of hydrogen-bond acceptors (Lipinski definition) is 3. The molecule has 2 N–H and O–H groups in total. The van der Waals surface area contributed by atoms with E-state index >= 15 is 0 Å². The number of alkyl halides is 2. The molecule has 166 valence electrons. The monoisotopic (exact) mass is 445 g/mol. The van der Waals surface area contributed by atoms with Crippen molar-refractivity contribution in [2.75, 3.05) is 23.3 Å². The molecule has 2 aromatic carbocycles. The Morgan fingerprint density at radius 2 is 1.81 bits per heavy atom. The Morgan fingerprint density at radius 3 is 2.56 bits per heavy atom. The van der Waals surface area contributed by atoms with Crippen molar-refractivity contribution in [3.8, 4) is 0 Å². The number of rotatable bonds is 3. The fraction of sp³-hybridized carbons (Fsp3) is 0.273. The van der Waals surface area contributed by atoms with E-state index in [0.29, 0.717) is 27.5 Å². The zero-order chi connectivity index (χ0) is 22.6. The third-order valence-corrected chi connectivity index (χ3v) is 5.88. The summed E-state index contributed by atoms with van der Waals surface area (Å²) < 4.78 is 55.6. The molecule has 4 aromatic rings. The van der Waals surface area contributed by atoms with Gasteiger partial charge in [-0.1, -0.05) is 0 Å². The van der Waals surface area contributed by atoms with Crippen LogP contribution in [0.2, 0.25) is 0 Å². The number of aromatic nitrogens is 3. The van der Waals surface area contributed by atoms with E-state index in [1.54, 1.807) is 23.9 Å². The van der Waals surface area contributed by atoms with Crippen molar-refractivity contribution >= 4 is 39.1 Å². The van der Waals surface area contributed by atoms with E-state index in [2.05, 4.69) is 15.4 Å². The minimum absolute atomic E-state index is 0.163. The Kier molecular flexibility index (Phi) is 4.61. The fourth-order valence-corrected chi connectivity index (χ4v) is 4.10. The van der Waals surface area contributed by atoms with Crippen LogP contribution in [0.5, 0.6) is 0 Å². The number of anilines is 2. The van der Waals surface area contributed by atoms with Gasteiger partial charge in [0.2, 0.25) is 0 Å². The lowest BCUT2D eigenvalue weighted by Crippen LogP contribution is -2.39. The number of fused-ring (bicyclic) bond motifs is 2. The summed E-state index contributed by atoms with van der Waals surface area (Å²) in [5.41, 5.74) is 2.28. The molecule has 1 aliphatic heterocycles. The van der Waals surface area contributed by atoms with Crippen molar-refractivity contribution in [3.05, 3.63) is 53.9 Å². The quantitative estimate of drug-likeness (QED) is 0.445. The molecule has 0 aliphatic carbocycles. The molecule has 1 amide bonds. The van der Waals surface area contributed by atoms with E-state index in [9.17, 15) is 22.4 Å². The molecule has 5 rings (SSSR count). The highest BCUT2D eigenvalue weighted by molar-refractivity contribution is 6.14. The van der Waals surface area contributed by atoms with Crippen LogP contribution in [0.25, 0.3) is 21.8 Å². The van der Waals surface area contributed by atoms with Gasteiger partial charge < -0.3 is 15.2 Å². The average Bonchev–Trinajstić information content (AvgIpc) is 3.29. The van der Waals surface area contributed by atoms with Gasteiger partial charge in [-0.15, -0.1) is 0 Å². The van der Waals surface area contributed by atoms with E-state index in [-0.39, 0.29) is 31.6 Å². The molecule has 6 nitrogen and oxygen atoms in total. The minimum Gasteiger partial charge on any atom is -0.371 e. The third kappa shape index (κ3) is 3.45. The minimum atomic E-state index is -2.63. The van der Waals surface area contributed by atoms with Crippen LogP contribution in [0.4, 0.5) is 28.9 Å². The normalized spacial score (nSPS) is 16.1. The molecule has 0 spiro atoms. The first-order valence-electron chi connectivity index (χ1n) is 10.1. The van der Waals surface area contributed by atoms with Crippen LogP contribution in [-0.2, 0) is 7.05 Å². The average molecular weight is 445 g/mol. The summed E-state index contributed by atoms with van der Waals surface area (Å²) in [5, 5.41) is 7.93. The first kappa shape index (κ1) is 20.3. The lowest BCUT2D eigenvalue weighted by Gasteiger charge is -2.33. The molecule has 3 heterocycles. The molecule has 0 bridgehead atoms. The number of carbonyl (C=O) groups excluding carboxylic acids is 1. The molecule has 2 aromatic heterocycles. The Labute approximate surface area is 179 Å². The van der Waals surface area contributed by atoms with Crippen LogP contribution < -0.4 is 10.2 Å². The zero-order valence-electron chi connectivity index (χ0n) is 17.1. The molecular weight excluding hydrogens is 426 g/mol. The summed E-state index contributed by atoms with van der Waals surface area (Å²) in [4.78, 5) is 17.6. The number of aromatic amines is 1. The first-order valence-corrected chi connectivity index (χ1v) is 10.1. The zero-order valence-corrected chi connectivity index (χ0v) is 17.1. The number of benzene rings is 2. The number of aryl methyl sites for hydroxylation is 1. The molecule has 1 fully saturated rings. The number of nitrogens with one attached hydrogen (secondary N) is 2. The second-order valence-electron chi connectivity index (χ2n) is 7.99. The Bertz CT molecular complexity index is 1350. The van der Waals surface area contributed by atoms with Gasteiger partial charge in [-0.3, -0.25) is 9.48 Å². The molecular formula is C22H19F4N5O. The second kappa shape index (κ2) is 7.25. The van der Waals surface area contributed by atoms with Crippen molar-refractivity contribution in [3.63, 3.8) is 0 Å². The van der Waals surface area contributed by atoms with Gasteiger partial charge in [0, 0.05) is 61.7 Å². The molecule has 1 saturated heterocycles. The molecule has 10 heteroatoms. The van der Waals surface area contributed by atoms with Crippen molar-refractivity contribution in [2.45, 2.75) is 18.8 Å². The third-order valence-electron chi connectivity index (χ3n) is 5.88. The van der Waals surface area contributed by atoms with Crippen LogP contribution in [0.1, 0.15) is 23.3 Å². The predicted octanol–water partition coefficient (Wildman–Crippen LogP) is 4.82. The van der Waals surface area contributed by atoms with Gasteiger partial charge in [-0.05, 0) is 24.3 Å². The molecule has 0 saturated carbocycles. The SMILES string of the molecule is Cn1nc(C(=O)Nc2c[nH]c3cc(F)c(F)cc23)c2ccc(N3CCC(F)(F)CC3)cc21. The molecule has 0 unspecified atom stereocenters. The number of amides is 1. The maximum atomic E-state index is 13.6. The topological polar surface area (TPSA) is 66.0 Å². The second-order valence-corrected chi connectivity index (χ2v) is 7.99. The van der Waals surface area contributed by atoms with E-state index in [0.717, 1.165) is 17.8 Å². The van der Waals surface area contributed by atoms with Crippen LogP contribution in [0.15, 0.2) is 36.5 Å². The standard InChI is InChI=1S/C22H19F4N5O/c1-30-19-8-12(31-6-4-22(25,26)5-7-31)2-3-13(19)20(29-30)21(32)28-18-11-27-17-10-16(24)15(23)9-14(17)18/h2-3,8-11,27H,4-7H2,1H3,(H,28,32). The first-order chi connectivity index (χ1) is 15.2. The van der Waals surface area contributed by atoms with Gasteiger partial charge in [0.15, 0.2) is 17.3 Å². The number of H-pyrrole nitrogens is 1. The highest BCUT2D eigenvalue weighted by atomic mass is 19.3. The number of halogens is 4. The van der Waals surface area contributed by atoms with Gasteiger partial charge in [0.05, 0.1) is 16.7 Å². The van der Waals surface area contributed by atoms with Crippen LogP contribution in [-0.4, -0.2) is 39.7 Å². The highest BCUT2D eigenvalue weighted by Gasteiger charge is 2.34. The summed E-state index contributed by atoms with van der Waals surface area (Å²) in [6, 6.07) is 7.39. The number of piperidine rings is 1. The van der Waals surface area contributed by atoms with Gasteiger partial charge in [0.25, 0.3) is 11.8 Å². The van der Waals surface area contributed by atoms with Gasteiger partial charge in [0.1, 0.15) is 0 Å². The predicted molar refractivity (Wildman–Crippen MR) is 113 cm³/mol. The summed E-state index contributed by atoms with van der Waals surface area (Å²) >= 11 is 0. The van der Waals surface area contributed by atoms with Gasteiger partial charge in [-0.25, -0.2) is 17.6 Å². The lowest BCUT2D eigenvalue weighted by atomic mass is 10.1. The Balaban J connectivity index is 1.43. The summed E-state index contributed by atoms with van der Waals surface area (Å²) in [5.74, 6) is -5.14. The Morgan fingerprint density at radius 1 is 1.09 bits per heavy atom. The Hall–Kier alpha value is -3.56. The van der Waals surface area contributed by atoms with E-state index in [1.165, 1.54) is 6.20 Å². The van der Waals surface area contributed by atoms with Crippen molar-refractivity contribution in [1.82, 2.24) is 14.8 Å². The van der Waals surface area contributed by atoms with Gasteiger partial charge in [-0.2, -0.15) is 5.10 Å². The van der Waals surface area contributed by atoms with Crippen molar-refractivity contribution in [1.29, 1.82) is 0 Å². The van der Waals surface area contributed by atoms with E-state index < -0.39 is 23.5 Å². The maximum Gasteiger partial charge on any atom is 0.276 e. The number of nitrogens with zero attached hydrogens (tertiary/aromatic N) is 3. The highest BCUT2D eigenvalue weighted by Crippen LogP contribution is 2.32. The van der Waals surface area contributed by atoms with E-state index in [1.807, 2.05) is 11.0 Å². The van der Waals surface area contributed by atoms with Crippen LogP contribution >= 0.6 is 0 Å². The molecule has 1 aliphatic rings. The molecule has 0 radical (unpaired) electrons. The fourth-order valence-electron chi connectivity index (χ4n) is 4.10. The number of carbonyl (C=O) groups is 1. The van der Waals surface area contributed by atoms with Gasteiger partial charge >= 0.3 is 0 Å². The molecule has 32 heavy (non-hydrogen) atoms. The summed E-state index contributed by atoms with van der Waals surface area (Å²) in [6.45, 7) is 0.503. The summed E-state index contributed by atoms with van der Waals surface area (Å²) in [7, 11) is 1.69. The maximum absolute atomic E-state index is 13.6. The van der Waals surface area contributed by atoms with Crippen molar-refractivity contribution < 1.29 is 22.4 Å². The van der Waals surface area contributed by atoms with Crippen LogP contribution in [0.3, 0.4) is 0 Å². The lowest BCUT2D eigenvalue weighted by molar-refractivity contribution is -0.0220. The summed E-state index contributed by atoms with van der Waals surface area (Å²) in [6.07, 6.45) is 1.06. The van der Waals surface area contributed by atoms with Crippen LogP contribution in [0, 0.1) is 11.6 Å². The van der Waals surface area contributed by atoms with Crippen molar-refractivity contribution in [2.24, 2.45) is 7.05 Å².